The molecule has 0 aromatic heterocycles. The van der Waals surface area contributed by atoms with E-state index < -0.39 is 5.60 Å². The molecule has 4 aromatic carbocycles. The van der Waals surface area contributed by atoms with Crippen LogP contribution in [0.5, 0.6) is 23.0 Å². The molecule has 0 N–H and O–H groups in total. The zero-order valence-corrected chi connectivity index (χ0v) is 22.1. The Morgan fingerprint density at radius 1 is 0.865 bits per heavy atom. The van der Waals surface area contributed by atoms with Crippen LogP contribution in [-0.2, 0) is 16.1 Å². The van der Waals surface area contributed by atoms with Crippen LogP contribution in [0.2, 0.25) is 0 Å². The van der Waals surface area contributed by atoms with Gasteiger partial charge in [-0.3, -0.25) is 0 Å². The largest absolute Gasteiger partial charge is 0.497 e. The van der Waals surface area contributed by atoms with Crippen LogP contribution >= 0.6 is 33.8 Å². The second-order valence-corrected chi connectivity index (χ2v) is 11.3. The van der Waals surface area contributed by atoms with Crippen molar-refractivity contribution in [2.24, 2.45) is 0 Å². The third-order valence-electron chi connectivity index (χ3n) is 6.29. The van der Waals surface area contributed by atoms with E-state index in [4.69, 9.17) is 31.2 Å². The van der Waals surface area contributed by atoms with Crippen molar-refractivity contribution in [3.63, 3.8) is 0 Å². The second-order valence-electron chi connectivity index (χ2n) is 8.42. The van der Waals surface area contributed by atoms with Crippen LogP contribution in [0.15, 0.2) is 91.0 Å². The molecule has 2 aliphatic heterocycles. The predicted molar refractivity (Wildman–Crippen MR) is 150 cm³/mol. The highest BCUT2D eigenvalue weighted by atomic mass is 33.1. The highest BCUT2D eigenvalue weighted by molar-refractivity contribution is 8.83. The van der Waals surface area contributed by atoms with Crippen molar-refractivity contribution in [2.75, 3.05) is 7.11 Å². The van der Waals surface area contributed by atoms with Crippen molar-refractivity contribution in [3.8, 4) is 23.0 Å². The van der Waals surface area contributed by atoms with Crippen molar-refractivity contribution in [1.29, 1.82) is 0 Å². The number of hydrogen-bond donors (Lipinski definition) is 0. The first kappa shape index (κ1) is 23.9. The smallest absolute Gasteiger partial charge is 0.340 e. The lowest BCUT2D eigenvalue weighted by Crippen LogP contribution is -2.33. The van der Waals surface area contributed by atoms with Crippen LogP contribution < -0.4 is 14.2 Å². The minimum absolute atomic E-state index is 0.376. The molecule has 184 valence electrons. The number of methoxy groups -OCH3 is 1. The standard InChI is InChI=1S/C29H20O5S3/c1-31-19-11-13-23-25(15-19)33-26-16-20(32-28(35)37-36-17-18-7-3-2-4-8-18)12-14-24(26)29(23)22-10-6-5-9-21(22)27(30)34-29/h2-16H,17H2,1H3. The van der Waals surface area contributed by atoms with E-state index in [1.807, 2.05) is 60.7 Å². The van der Waals surface area contributed by atoms with Crippen LogP contribution in [0, 0.1) is 0 Å². The summed E-state index contributed by atoms with van der Waals surface area (Å²) in [6, 6.07) is 28.6. The van der Waals surface area contributed by atoms with E-state index >= 15 is 0 Å². The predicted octanol–water partition coefficient (Wildman–Crippen LogP) is 7.51. The number of ether oxygens (including phenoxy) is 4. The van der Waals surface area contributed by atoms with E-state index in [9.17, 15) is 4.79 Å². The van der Waals surface area contributed by atoms with Gasteiger partial charge < -0.3 is 18.9 Å². The number of thiocarbonyl (C=S) groups is 1. The number of fused-ring (bicyclic) bond motifs is 6. The summed E-state index contributed by atoms with van der Waals surface area (Å²) in [5.41, 5.74) is 2.83. The molecule has 4 aromatic rings. The maximum atomic E-state index is 13.0. The molecule has 5 nitrogen and oxygen atoms in total. The Hall–Kier alpha value is -3.46. The average molecular weight is 545 g/mol. The number of hydrogen-bond acceptors (Lipinski definition) is 8. The fraction of sp³-hybridized carbons (Fsp3) is 0.103. The van der Waals surface area contributed by atoms with Gasteiger partial charge in [0.25, 0.3) is 0 Å². The van der Waals surface area contributed by atoms with Gasteiger partial charge in [-0.05, 0) is 58.9 Å². The summed E-state index contributed by atoms with van der Waals surface area (Å²) in [5.74, 6) is 2.68. The number of esters is 1. The molecule has 1 atom stereocenters. The number of carbonyl (C=O) groups excluding carboxylic acids is 1. The molecule has 8 heteroatoms. The van der Waals surface area contributed by atoms with Crippen LogP contribution in [-0.4, -0.2) is 17.5 Å². The molecule has 1 spiro atoms. The molecule has 0 bridgehead atoms. The van der Waals surface area contributed by atoms with E-state index in [0.717, 1.165) is 16.9 Å². The summed E-state index contributed by atoms with van der Waals surface area (Å²) in [4.78, 5) is 13.0. The lowest BCUT2D eigenvalue weighted by molar-refractivity contribution is 0.0224. The summed E-state index contributed by atoms with van der Waals surface area (Å²) in [6.07, 6.45) is 0. The van der Waals surface area contributed by atoms with Gasteiger partial charge in [0, 0.05) is 34.6 Å². The van der Waals surface area contributed by atoms with Gasteiger partial charge in [-0.25, -0.2) is 4.79 Å². The van der Waals surface area contributed by atoms with Gasteiger partial charge in [-0.2, -0.15) is 0 Å². The van der Waals surface area contributed by atoms with Gasteiger partial charge in [0.2, 0.25) is 4.38 Å². The van der Waals surface area contributed by atoms with Crippen LogP contribution in [0.3, 0.4) is 0 Å². The number of benzene rings is 4. The van der Waals surface area contributed by atoms with Crippen LogP contribution in [0.4, 0.5) is 0 Å². The van der Waals surface area contributed by atoms with Gasteiger partial charge >= 0.3 is 5.97 Å². The summed E-state index contributed by atoms with van der Waals surface area (Å²) in [7, 11) is 4.62. The Morgan fingerprint density at radius 3 is 2.30 bits per heavy atom. The molecular formula is C29H20O5S3. The molecule has 0 saturated heterocycles. The highest BCUT2D eigenvalue weighted by Crippen LogP contribution is 2.57. The van der Waals surface area contributed by atoms with Crippen molar-refractivity contribution in [2.45, 2.75) is 11.4 Å². The van der Waals surface area contributed by atoms with Gasteiger partial charge in [-0.15, -0.1) is 0 Å². The Morgan fingerprint density at radius 2 is 1.54 bits per heavy atom. The molecule has 37 heavy (non-hydrogen) atoms. The monoisotopic (exact) mass is 544 g/mol. The Kier molecular flexibility index (Phi) is 6.32. The third-order valence-corrected chi connectivity index (χ3v) is 8.89. The third kappa shape index (κ3) is 4.25. The lowest BCUT2D eigenvalue weighted by atomic mass is 9.77. The van der Waals surface area contributed by atoms with E-state index in [1.165, 1.54) is 16.4 Å². The van der Waals surface area contributed by atoms with E-state index in [-0.39, 0.29) is 5.97 Å². The normalized spacial score (nSPS) is 16.7. The summed E-state index contributed by atoms with van der Waals surface area (Å²) < 4.78 is 24.3. The van der Waals surface area contributed by atoms with E-state index in [0.29, 0.717) is 38.5 Å². The van der Waals surface area contributed by atoms with Gasteiger partial charge in [0.1, 0.15) is 23.0 Å². The molecule has 0 saturated carbocycles. The first-order chi connectivity index (χ1) is 18.1. The quantitative estimate of drug-likeness (QED) is 0.145. The van der Waals surface area contributed by atoms with Crippen LogP contribution in [0.1, 0.15) is 32.6 Å². The average Bonchev–Trinajstić information content (AvgIpc) is 3.21. The fourth-order valence-corrected chi connectivity index (χ4v) is 6.78. The Bertz CT molecular complexity index is 1520. The molecule has 0 aliphatic carbocycles. The highest BCUT2D eigenvalue weighted by Gasteiger charge is 2.53. The van der Waals surface area contributed by atoms with Crippen molar-refractivity contribution >= 4 is 44.2 Å². The zero-order chi connectivity index (χ0) is 25.4. The number of rotatable bonds is 5. The molecular weight excluding hydrogens is 525 g/mol. The van der Waals surface area contributed by atoms with Crippen molar-refractivity contribution < 1.29 is 23.7 Å². The molecule has 2 heterocycles. The molecule has 2 aliphatic rings. The SMILES string of the molecule is COc1ccc2c(c1)Oc1cc(OC(=S)SSCc3ccccc3)ccc1C21OC(=O)c2ccccc21. The summed E-state index contributed by atoms with van der Waals surface area (Å²) in [6.45, 7) is 0. The first-order valence-electron chi connectivity index (χ1n) is 11.5. The maximum Gasteiger partial charge on any atom is 0.340 e. The first-order valence-corrected chi connectivity index (χ1v) is 14.2. The van der Waals surface area contributed by atoms with Crippen molar-refractivity contribution in [3.05, 3.63) is 119 Å². The number of carbonyl (C=O) groups is 1. The van der Waals surface area contributed by atoms with Gasteiger partial charge in [0.15, 0.2) is 5.60 Å². The molecule has 6 rings (SSSR count). The minimum Gasteiger partial charge on any atom is -0.497 e. The second kappa shape index (κ2) is 9.78. The molecule has 0 amide bonds. The lowest BCUT2D eigenvalue weighted by Gasteiger charge is -2.36. The van der Waals surface area contributed by atoms with Crippen LogP contribution in [0.25, 0.3) is 0 Å². The summed E-state index contributed by atoms with van der Waals surface area (Å²) in [5, 5.41) is 0. The molecule has 1 unspecified atom stereocenters. The molecule has 0 radical (unpaired) electrons. The van der Waals surface area contributed by atoms with Gasteiger partial charge in [-0.1, -0.05) is 59.3 Å². The minimum atomic E-state index is -1.14. The Labute approximate surface area is 227 Å². The van der Waals surface area contributed by atoms with E-state index in [1.54, 1.807) is 36.1 Å². The zero-order valence-electron chi connectivity index (χ0n) is 19.6. The van der Waals surface area contributed by atoms with Crippen molar-refractivity contribution in [1.82, 2.24) is 0 Å². The topological polar surface area (TPSA) is 54.0 Å². The fourth-order valence-electron chi connectivity index (χ4n) is 4.66. The maximum absolute atomic E-state index is 13.0. The summed E-state index contributed by atoms with van der Waals surface area (Å²) >= 11 is 5.46. The van der Waals surface area contributed by atoms with E-state index in [2.05, 4.69) is 12.1 Å². The Balaban J connectivity index is 1.32. The van der Waals surface area contributed by atoms with Gasteiger partial charge in [0.05, 0.1) is 12.7 Å². The molecule has 0 fully saturated rings.